The molecule has 2 aromatic rings. The van der Waals surface area contributed by atoms with E-state index >= 15 is 0 Å². The van der Waals surface area contributed by atoms with Crippen LogP contribution in [0.4, 0.5) is 4.39 Å². The molecule has 10 heteroatoms. The quantitative estimate of drug-likeness (QED) is 0.440. The first-order chi connectivity index (χ1) is 19.6. The summed E-state index contributed by atoms with van der Waals surface area (Å²) in [6.45, 7) is 6.21. The van der Waals surface area contributed by atoms with Gasteiger partial charge in [-0.15, -0.1) is 0 Å². The van der Waals surface area contributed by atoms with Crippen molar-refractivity contribution in [3.63, 3.8) is 0 Å². The zero-order valence-electron chi connectivity index (χ0n) is 24.1. The van der Waals surface area contributed by atoms with Crippen molar-refractivity contribution in [3.05, 3.63) is 71.6 Å². The number of halogens is 1. The van der Waals surface area contributed by atoms with Gasteiger partial charge in [-0.25, -0.2) is 4.39 Å². The number of hydrogen-bond donors (Lipinski definition) is 4. The maximum absolute atomic E-state index is 13.7. The fourth-order valence-corrected chi connectivity index (χ4v) is 4.76. The van der Waals surface area contributed by atoms with Crippen molar-refractivity contribution < 1.29 is 28.6 Å². The van der Waals surface area contributed by atoms with Gasteiger partial charge in [-0.2, -0.15) is 0 Å². The van der Waals surface area contributed by atoms with Crippen molar-refractivity contribution in [3.8, 4) is 5.75 Å². The SMILES string of the molecule is CCC(C)[C@@H]1NCCOc2ccccc2/C=C\CNC(=O)[C@@H](Cc2ccc(F)cc2)NC(=O)[C@H](C(C)O)N(C)C1=O. The van der Waals surface area contributed by atoms with Gasteiger partial charge in [-0.3, -0.25) is 14.4 Å². The Morgan fingerprint density at radius 1 is 1.07 bits per heavy atom. The minimum atomic E-state index is -1.25. The van der Waals surface area contributed by atoms with E-state index in [0.29, 0.717) is 30.9 Å². The number of rotatable bonds is 5. The summed E-state index contributed by atoms with van der Waals surface area (Å²) >= 11 is 0. The predicted molar refractivity (Wildman–Crippen MR) is 155 cm³/mol. The van der Waals surface area contributed by atoms with Crippen molar-refractivity contribution in [1.82, 2.24) is 20.9 Å². The number of para-hydroxylation sites is 1. The summed E-state index contributed by atoms with van der Waals surface area (Å²) in [5, 5.41) is 19.4. The minimum absolute atomic E-state index is 0.0690. The molecule has 2 aromatic carbocycles. The molecule has 4 N–H and O–H groups in total. The van der Waals surface area contributed by atoms with E-state index in [1.165, 1.54) is 31.0 Å². The Morgan fingerprint density at radius 3 is 2.46 bits per heavy atom. The third kappa shape index (κ3) is 8.86. The van der Waals surface area contributed by atoms with E-state index in [4.69, 9.17) is 4.74 Å². The van der Waals surface area contributed by atoms with Crippen molar-refractivity contribution >= 4 is 23.8 Å². The zero-order valence-corrected chi connectivity index (χ0v) is 24.1. The summed E-state index contributed by atoms with van der Waals surface area (Å²) in [7, 11) is 1.47. The number of nitrogens with zero attached hydrogens (tertiary/aromatic N) is 1. The van der Waals surface area contributed by atoms with Crippen LogP contribution < -0.4 is 20.7 Å². The van der Waals surface area contributed by atoms with Crippen LogP contribution in [0.25, 0.3) is 6.08 Å². The molecule has 41 heavy (non-hydrogen) atoms. The number of carbonyl (C=O) groups excluding carboxylic acids is 3. The van der Waals surface area contributed by atoms with Gasteiger partial charge in [-0.1, -0.05) is 62.8 Å². The highest BCUT2D eigenvalue weighted by Gasteiger charge is 2.37. The standard InChI is InChI=1S/C31H41FN4O5/c1-5-20(2)27-31(40)36(4)28(21(3)37)30(39)35-25(19-22-12-14-24(32)15-13-22)29(38)34-16-8-10-23-9-6-7-11-26(23)41-18-17-33-27/h6-15,20-21,25,27-28,33,37H,5,16-19H2,1-4H3,(H,34,38)(H,35,39)/b10-8-/t20?,21?,25-,27+,28+/m1/s1. The Kier molecular flexibility index (Phi) is 11.9. The minimum Gasteiger partial charge on any atom is -0.492 e. The van der Waals surface area contributed by atoms with E-state index in [1.807, 2.05) is 44.2 Å². The van der Waals surface area contributed by atoms with Gasteiger partial charge in [0.05, 0.1) is 12.1 Å². The number of carbonyl (C=O) groups is 3. The molecular weight excluding hydrogens is 527 g/mol. The first-order valence-corrected chi connectivity index (χ1v) is 14.0. The van der Waals surface area contributed by atoms with Gasteiger partial charge < -0.3 is 30.7 Å². The van der Waals surface area contributed by atoms with Gasteiger partial charge in [0.1, 0.15) is 30.3 Å². The van der Waals surface area contributed by atoms with Crippen molar-refractivity contribution in [1.29, 1.82) is 0 Å². The Labute approximate surface area is 241 Å². The number of ether oxygens (including phenoxy) is 1. The number of nitrogens with one attached hydrogen (secondary N) is 3. The second-order valence-corrected chi connectivity index (χ2v) is 10.4. The van der Waals surface area contributed by atoms with Gasteiger partial charge in [-0.05, 0) is 36.6 Å². The molecular formula is C31H41FN4O5. The Hall–Kier alpha value is -3.76. The van der Waals surface area contributed by atoms with Crippen molar-refractivity contribution in [2.45, 2.75) is 57.8 Å². The number of aliphatic hydroxyl groups excluding tert-OH is 1. The van der Waals surface area contributed by atoms with E-state index < -0.39 is 41.9 Å². The summed E-state index contributed by atoms with van der Waals surface area (Å²) in [6, 6.07) is 10.2. The summed E-state index contributed by atoms with van der Waals surface area (Å²) in [5.41, 5.74) is 1.46. The molecule has 1 aliphatic rings. The Morgan fingerprint density at radius 2 is 1.78 bits per heavy atom. The number of amides is 3. The topological polar surface area (TPSA) is 120 Å². The van der Waals surface area contributed by atoms with Crippen LogP contribution >= 0.6 is 0 Å². The third-order valence-electron chi connectivity index (χ3n) is 7.29. The fourth-order valence-electron chi connectivity index (χ4n) is 4.76. The molecule has 0 aliphatic carbocycles. The largest absolute Gasteiger partial charge is 0.492 e. The van der Waals surface area contributed by atoms with Gasteiger partial charge in [0.25, 0.3) is 0 Å². The Bertz CT molecular complexity index is 1200. The second kappa shape index (κ2) is 15.3. The van der Waals surface area contributed by atoms with Crippen LogP contribution in [0.2, 0.25) is 0 Å². The van der Waals surface area contributed by atoms with Crippen LogP contribution in [0.1, 0.15) is 38.3 Å². The van der Waals surface area contributed by atoms with Gasteiger partial charge >= 0.3 is 0 Å². The summed E-state index contributed by atoms with van der Waals surface area (Å²) in [6.07, 6.45) is 3.19. The maximum atomic E-state index is 13.7. The maximum Gasteiger partial charge on any atom is 0.246 e. The lowest BCUT2D eigenvalue weighted by molar-refractivity contribution is -0.146. The number of fused-ring (bicyclic) bond motifs is 1. The van der Waals surface area contributed by atoms with E-state index in [2.05, 4.69) is 16.0 Å². The summed E-state index contributed by atoms with van der Waals surface area (Å²) in [5.74, 6) is -1.31. The molecule has 5 atom stereocenters. The van der Waals surface area contributed by atoms with Crippen LogP contribution in [0, 0.1) is 11.7 Å². The van der Waals surface area contributed by atoms with Crippen molar-refractivity contribution in [2.24, 2.45) is 5.92 Å². The van der Waals surface area contributed by atoms with Gasteiger partial charge in [0.2, 0.25) is 17.7 Å². The number of benzene rings is 2. The molecule has 0 fully saturated rings. The molecule has 222 valence electrons. The zero-order chi connectivity index (χ0) is 29.9. The molecule has 3 rings (SSSR count). The lowest BCUT2D eigenvalue weighted by Crippen LogP contribution is -2.61. The molecule has 2 unspecified atom stereocenters. The molecule has 3 amide bonds. The molecule has 0 saturated carbocycles. The van der Waals surface area contributed by atoms with Crippen LogP contribution in [0.3, 0.4) is 0 Å². The highest BCUT2D eigenvalue weighted by atomic mass is 19.1. The normalized spacial score (nSPS) is 23.6. The van der Waals surface area contributed by atoms with E-state index in [9.17, 15) is 23.9 Å². The highest BCUT2D eigenvalue weighted by Crippen LogP contribution is 2.20. The molecule has 0 bridgehead atoms. The average molecular weight is 569 g/mol. The van der Waals surface area contributed by atoms with Crippen LogP contribution in [-0.4, -0.2) is 78.7 Å². The fraction of sp³-hybridized carbons (Fsp3) is 0.452. The van der Waals surface area contributed by atoms with Crippen LogP contribution in [-0.2, 0) is 20.8 Å². The number of aliphatic hydroxyl groups is 1. The highest BCUT2D eigenvalue weighted by molar-refractivity contribution is 5.93. The average Bonchev–Trinajstić information content (AvgIpc) is 2.95. The molecule has 9 nitrogen and oxygen atoms in total. The van der Waals surface area contributed by atoms with Gasteiger partial charge in [0, 0.05) is 32.1 Å². The first kappa shape index (κ1) is 31.8. The molecule has 0 spiro atoms. The Balaban J connectivity index is 1.96. The number of hydrogen-bond acceptors (Lipinski definition) is 6. The molecule has 0 aromatic heterocycles. The molecule has 1 heterocycles. The van der Waals surface area contributed by atoms with Crippen LogP contribution in [0.5, 0.6) is 5.75 Å². The lowest BCUT2D eigenvalue weighted by atomic mass is 9.96. The third-order valence-corrected chi connectivity index (χ3v) is 7.29. The van der Waals surface area contributed by atoms with Gasteiger partial charge in [0.15, 0.2) is 0 Å². The van der Waals surface area contributed by atoms with E-state index in [-0.39, 0.29) is 24.8 Å². The van der Waals surface area contributed by atoms with Crippen LogP contribution in [0.15, 0.2) is 54.6 Å². The second-order valence-electron chi connectivity index (χ2n) is 10.4. The van der Waals surface area contributed by atoms with E-state index in [1.54, 1.807) is 18.2 Å². The number of likely N-dealkylation sites (N-methyl/N-ethyl adjacent to an activating group) is 1. The first-order valence-electron chi connectivity index (χ1n) is 14.0. The molecule has 0 saturated heterocycles. The lowest BCUT2D eigenvalue weighted by Gasteiger charge is -2.35. The summed E-state index contributed by atoms with van der Waals surface area (Å²) < 4.78 is 19.5. The monoisotopic (exact) mass is 568 g/mol. The molecule has 1 aliphatic heterocycles. The molecule has 0 radical (unpaired) electrons. The summed E-state index contributed by atoms with van der Waals surface area (Å²) in [4.78, 5) is 41.7. The predicted octanol–water partition coefficient (Wildman–Crippen LogP) is 2.29. The van der Waals surface area contributed by atoms with E-state index in [0.717, 1.165) is 5.56 Å². The smallest absolute Gasteiger partial charge is 0.246 e. The van der Waals surface area contributed by atoms with Crippen molar-refractivity contribution in [2.75, 3.05) is 26.7 Å².